The summed E-state index contributed by atoms with van der Waals surface area (Å²) in [6.07, 6.45) is 5.09. The molecule has 0 aromatic rings. The van der Waals surface area contributed by atoms with E-state index in [-0.39, 0.29) is 19.7 Å². The Morgan fingerprint density at radius 1 is 1.25 bits per heavy atom. The first kappa shape index (κ1) is 15.3. The summed E-state index contributed by atoms with van der Waals surface area (Å²) >= 11 is 0. The van der Waals surface area contributed by atoms with E-state index in [1.165, 1.54) is 6.92 Å². The van der Waals surface area contributed by atoms with Crippen LogP contribution in [0.1, 0.15) is 46.0 Å². The van der Waals surface area contributed by atoms with Crippen molar-refractivity contribution in [1.82, 2.24) is 0 Å². The van der Waals surface area contributed by atoms with Gasteiger partial charge in [-0.3, -0.25) is 4.79 Å². The molecule has 0 amide bonds. The van der Waals surface area contributed by atoms with Gasteiger partial charge in [0.2, 0.25) is 0 Å². The molecule has 0 rings (SSSR count). The van der Waals surface area contributed by atoms with Gasteiger partial charge in [0.25, 0.3) is 0 Å². The third-order valence-corrected chi connectivity index (χ3v) is 2.36. The van der Waals surface area contributed by atoms with Crippen LogP contribution in [0.25, 0.3) is 0 Å². The second kappa shape index (κ2) is 8.50. The topological polar surface area (TPSA) is 69.6 Å². The SMILES string of the molecule is CCCCCCC[N+]([O-])(O)CCOC(C)=O. The number of ether oxygens (including phenoxy) is 1. The van der Waals surface area contributed by atoms with Crippen molar-refractivity contribution >= 4 is 5.97 Å². The van der Waals surface area contributed by atoms with Gasteiger partial charge in [0.1, 0.15) is 19.7 Å². The monoisotopic (exact) mass is 233 g/mol. The van der Waals surface area contributed by atoms with Crippen molar-refractivity contribution in [2.45, 2.75) is 46.0 Å². The van der Waals surface area contributed by atoms with Crippen LogP contribution in [0, 0.1) is 5.21 Å². The van der Waals surface area contributed by atoms with Crippen molar-refractivity contribution in [1.29, 1.82) is 0 Å². The maximum Gasteiger partial charge on any atom is 0.302 e. The number of esters is 1. The fourth-order valence-electron chi connectivity index (χ4n) is 1.41. The molecule has 5 nitrogen and oxygen atoms in total. The second-order valence-corrected chi connectivity index (χ2v) is 4.05. The van der Waals surface area contributed by atoms with Gasteiger partial charge in [-0.1, -0.05) is 26.2 Å². The lowest BCUT2D eigenvalue weighted by Gasteiger charge is -2.33. The minimum absolute atomic E-state index is 0.0235. The van der Waals surface area contributed by atoms with E-state index in [0.717, 1.165) is 25.7 Å². The molecule has 0 heterocycles. The van der Waals surface area contributed by atoms with E-state index in [1.54, 1.807) is 0 Å². The molecule has 0 saturated carbocycles. The van der Waals surface area contributed by atoms with Crippen LogP contribution in [0.4, 0.5) is 0 Å². The lowest BCUT2D eigenvalue weighted by molar-refractivity contribution is -1.06. The maximum absolute atomic E-state index is 11.4. The molecule has 1 atom stereocenters. The fourth-order valence-corrected chi connectivity index (χ4v) is 1.41. The Kier molecular flexibility index (Phi) is 8.15. The highest BCUT2D eigenvalue weighted by Gasteiger charge is 2.13. The molecule has 5 heteroatoms. The number of hydrogen-bond donors (Lipinski definition) is 1. The Labute approximate surface area is 97.1 Å². The van der Waals surface area contributed by atoms with E-state index >= 15 is 0 Å². The summed E-state index contributed by atoms with van der Waals surface area (Å²) in [5, 5.41) is 20.8. The van der Waals surface area contributed by atoms with E-state index < -0.39 is 10.8 Å². The molecular weight excluding hydrogens is 210 g/mol. The molecule has 0 radical (unpaired) electrons. The van der Waals surface area contributed by atoms with Gasteiger partial charge in [0.05, 0.1) is 0 Å². The third-order valence-electron chi connectivity index (χ3n) is 2.36. The van der Waals surface area contributed by atoms with Crippen molar-refractivity contribution in [2.24, 2.45) is 0 Å². The zero-order chi connectivity index (χ0) is 12.4. The first-order chi connectivity index (χ1) is 7.48. The minimum atomic E-state index is -1.31. The maximum atomic E-state index is 11.4. The fraction of sp³-hybridized carbons (Fsp3) is 0.909. The molecule has 1 unspecified atom stereocenters. The average molecular weight is 233 g/mol. The van der Waals surface area contributed by atoms with Crippen molar-refractivity contribution < 1.29 is 19.5 Å². The zero-order valence-electron chi connectivity index (χ0n) is 10.3. The highest BCUT2D eigenvalue weighted by Crippen LogP contribution is 2.07. The molecule has 0 bridgehead atoms. The largest absolute Gasteiger partial charge is 0.598 e. The summed E-state index contributed by atoms with van der Waals surface area (Å²) in [5.41, 5.74) is 0. The average Bonchev–Trinajstić information content (AvgIpc) is 2.16. The van der Waals surface area contributed by atoms with E-state index in [2.05, 4.69) is 11.7 Å². The van der Waals surface area contributed by atoms with Gasteiger partial charge >= 0.3 is 5.97 Å². The number of hydroxylamine groups is 4. The second-order valence-electron chi connectivity index (χ2n) is 4.05. The predicted molar refractivity (Wildman–Crippen MR) is 60.5 cm³/mol. The summed E-state index contributed by atoms with van der Waals surface area (Å²) in [5.74, 6) is -0.428. The van der Waals surface area contributed by atoms with Gasteiger partial charge in [-0.15, -0.1) is 0 Å². The van der Waals surface area contributed by atoms with E-state index in [9.17, 15) is 15.2 Å². The molecule has 0 aliphatic heterocycles. The van der Waals surface area contributed by atoms with Crippen LogP contribution in [-0.2, 0) is 9.53 Å². The molecule has 0 saturated heterocycles. The van der Waals surface area contributed by atoms with Gasteiger partial charge in [-0.2, -0.15) is 0 Å². The zero-order valence-corrected chi connectivity index (χ0v) is 10.3. The molecule has 1 N–H and O–H groups in total. The smallest absolute Gasteiger partial charge is 0.302 e. The van der Waals surface area contributed by atoms with Crippen LogP contribution >= 0.6 is 0 Å². The summed E-state index contributed by atoms with van der Waals surface area (Å²) in [4.78, 5) is 9.14. The van der Waals surface area contributed by atoms with Gasteiger partial charge in [0, 0.05) is 6.92 Å². The number of nitrogens with zero attached hydrogens (tertiary/aromatic N) is 1. The first-order valence-corrected chi connectivity index (χ1v) is 5.92. The van der Waals surface area contributed by atoms with Crippen molar-refractivity contribution in [3.63, 3.8) is 0 Å². The van der Waals surface area contributed by atoms with Crippen LogP contribution in [-0.4, -0.2) is 35.7 Å². The van der Waals surface area contributed by atoms with Gasteiger partial charge in [-0.05, 0) is 12.8 Å². The standard InChI is InChI=1S/C11H23NO4/c1-3-4-5-6-7-8-12(14,15)9-10-16-11(2)13/h14H,3-10H2,1-2H3. The van der Waals surface area contributed by atoms with Crippen molar-refractivity contribution in [3.05, 3.63) is 5.21 Å². The highest BCUT2D eigenvalue weighted by molar-refractivity contribution is 5.65. The molecule has 16 heavy (non-hydrogen) atoms. The van der Waals surface area contributed by atoms with Crippen molar-refractivity contribution in [3.8, 4) is 0 Å². The first-order valence-electron chi connectivity index (χ1n) is 5.92. The van der Waals surface area contributed by atoms with Crippen LogP contribution in [0.2, 0.25) is 0 Å². The number of carbonyl (C=O) groups excluding carboxylic acids is 1. The lowest BCUT2D eigenvalue weighted by atomic mass is 10.1. The van der Waals surface area contributed by atoms with Gasteiger partial charge in [-0.25, -0.2) is 10.0 Å². The summed E-state index contributed by atoms with van der Waals surface area (Å²) in [6, 6.07) is 0. The van der Waals surface area contributed by atoms with Crippen LogP contribution < -0.4 is 0 Å². The summed E-state index contributed by atoms with van der Waals surface area (Å²) in [6.45, 7) is 3.46. The van der Waals surface area contributed by atoms with E-state index in [1.807, 2.05) is 0 Å². The normalized spacial score (nSPS) is 14.5. The Morgan fingerprint density at radius 2 is 1.88 bits per heavy atom. The molecule has 0 aromatic carbocycles. The molecule has 0 aromatic heterocycles. The van der Waals surface area contributed by atoms with Gasteiger partial charge in [0.15, 0.2) is 0 Å². The number of rotatable bonds is 9. The molecule has 0 aliphatic rings. The van der Waals surface area contributed by atoms with Gasteiger partial charge < -0.3 is 9.94 Å². The number of unbranched alkanes of at least 4 members (excludes halogenated alkanes) is 4. The Hall–Kier alpha value is -0.650. The minimum Gasteiger partial charge on any atom is -0.598 e. The molecule has 96 valence electrons. The third kappa shape index (κ3) is 9.89. The summed E-state index contributed by atoms with van der Waals surface area (Å²) in [7, 11) is 0. The lowest BCUT2D eigenvalue weighted by Crippen LogP contribution is -2.42. The summed E-state index contributed by atoms with van der Waals surface area (Å²) < 4.78 is 4.61. The molecule has 0 spiro atoms. The van der Waals surface area contributed by atoms with Crippen LogP contribution in [0.5, 0.6) is 0 Å². The molecule has 0 aliphatic carbocycles. The number of hydrogen-bond acceptors (Lipinski definition) is 4. The molecular formula is C11H23NO4. The van der Waals surface area contributed by atoms with E-state index in [0.29, 0.717) is 6.42 Å². The predicted octanol–water partition coefficient (Wildman–Crippen LogP) is 2.22. The number of quaternary nitrogens is 1. The Balaban J connectivity index is 3.49. The highest BCUT2D eigenvalue weighted by atomic mass is 16.8. The Morgan fingerprint density at radius 3 is 2.44 bits per heavy atom. The number of carbonyl (C=O) groups is 1. The quantitative estimate of drug-likeness (QED) is 0.287. The molecule has 0 fully saturated rings. The van der Waals surface area contributed by atoms with Crippen LogP contribution in [0.3, 0.4) is 0 Å². The van der Waals surface area contributed by atoms with Crippen molar-refractivity contribution in [2.75, 3.05) is 19.7 Å². The Bertz CT molecular complexity index is 194. The van der Waals surface area contributed by atoms with E-state index in [4.69, 9.17) is 0 Å². The van der Waals surface area contributed by atoms with Crippen LogP contribution in [0.15, 0.2) is 0 Å².